The van der Waals surface area contributed by atoms with Crippen LogP contribution in [0, 0.1) is 5.92 Å². The summed E-state index contributed by atoms with van der Waals surface area (Å²) in [6.45, 7) is 7.66. The van der Waals surface area contributed by atoms with Crippen LogP contribution in [0.25, 0.3) is 0 Å². The van der Waals surface area contributed by atoms with Gasteiger partial charge < -0.3 is 15.4 Å². The average Bonchev–Trinajstić information content (AvgIpc) is 2.77. The lowest BCUT2D eigenvalue weighted by Crippen LogP contribution is -2.34. The van der Waals surface area contributed by atoms with Gasteiger partial charge >= 0.3 is 5.97 Å². The Balaban J connectivity index is 2.29. The molecule has 0 saturated heterocycles. The number of nitrogens with one attached hydrogen (secondary N) is 2. The number of rotatable bonds is 7. The van der Waals surface area contributed by atoms with E-state index in [1.807, 2.05) is 12.4 Å². The van der Waals surface area contributed by atoms with E-state index in [2.05, 4.69) is 30.2 Å². The maximum Gasteiger partial charge on any atom is 0.306 e. The number of H-pyrrole nitrogens is 1. The minimum atomic E-state index is -0.725. The number of aliphatic carboxylic acids is 1. The van der Waals surface area contributed by atoms with Gasteiger partial charge in [-0.3, -0.25) is 4.79 Å². The summed E-state index contributed by atoms with van der Waals surface area (Å²) in [5, 5.41) is 12.1. The van der Waals surface area contributed by atoms with Crippen molar-refractivity contribution in [2.45, 2.75) is 32.6 Å². The molecule has 0 spiro atoms. The van der Waals surface area contributed by atoms with Crippen LogP contribution >= 0.6 is 0 Å². The lowest BCUT2D eigenvalue weighted by Gasteiger charge is -2.24. The maximum atomic E-state index is 10.6. The summed E-state index contributed by atoms with van der Waals surface area (Å²) >= 11 is 0. The molecule has 17 heavy (non-hydrogen) atoms. The van der Waals surface area contributed by atoms with Crippen LogP contribution in [0.1, 0.15) is 32.8 Å². The molecule has 4 heteroatoms. The fraction of sp³-hybridized carbons (Fsp3) is 0.615. The second kappa shape index (κ2) is 5.87. The third-order valence-electron chi connectivity index (χ3n) is 3.12. The van der Waals surface area contributed by atoms with Crippen molar-refractivity contribution in [1.29, 1.82) is 0 Å². The SMILES string of the molecule is CC(CCNCC(C)(C)c1cc[nH]c1)C(=O)O. The zero-order chi connectivity index (χ0) is 12.9. The first kappa shape index (κ1) is 13.8. The molecule has 0 aromatic carbocycles. The molecule has 96 valence electrons. The summed E-state index contributed by atoms with van der Waals surface area (Å²) in [4.78, 5) is 13.7. The second-order valence-electron chi connectivity index (χ2n) is 5.19. The highest BCUT2D eigenvalue weighted by atomic mass is 16.4. The van der Waals surface area contributed by atoms with E-state index >= 15 is 0 Å². The van der Waals surface area contributed by atoms with Crippen LogP contribution in [0.5, 0.6) is 0 Å². The van der Waals surface area contributed by atoms with Crippen molar-refractivity contribution in [3.63, 3.8) is 0 Å². The second-order valence-corrected chi connectivity index (χ2v) is 5.19. The Morgan fingerprint density at radius 1 is 1.59 bits per heavy atom. The molecule has 0 aliphatic heterocycles. The molecule has 0 radical (unpaired) electrons. The fourth-order valence-corrected chi connectivity index (χ4v) is 1.69. The van der Waals surface area contributed by atoms with Crippen molar-refractivity contribution in [1.82, 2.24) is 10.3 Å². The normalized spacial score (nSPS) is 13.6. The molecule has 0 aliphatic rings. The molecular weight excluding hydrogens is 216 g/mol. The van der Waals surface area contributed by atoms with E-state index < -0.39 is 5.97 Å². The van der Waals surface area contributed by atoms with Gasteiger partial charge in [0.05, 0.1) is 5.92 Å². The first-order valence-corrected chi connectivity index (χ1v) is 6.00. The van der Waals surface area contributed by atoms with Crippen LogP contribution < -0.4 is 5.32 Å². The predicted octanol–water partition coefficient (Wildman–Crippen LogP) is 1.99. The van der Waals surface area contributed by atoms with E-state index in [0.717, 1.165) is 13.1 Å². The van der Waals surface area contributed by atoms with Gasteiger partial charge in [-0.1, -0.05) is 20.8 Å². The van der Waals surface area contributed by atoms with Gasteiger partial charge in [-0.2, -0.15) is 0 Å². The molecule has 1 rings (SSSR count). The molecule has 1 aromatic heterocycles. The maximum absolute atomic E-state index is 10.6. The monoisotopic (exact) mass is 238 g/mol. The Labute approximate surface area is 102 Å². The number of carboxylic acids is 1. The molecule has 4 nitrogen and oxygen atoms in total. The molecule has 1 aromatic rings. The molecule has 1 heterocycles. The highest BCUT2D eigenvalue weighted by Gasteiger charge is 2.20. The van der Waals surface area contributed by atoms with E-state index in [-0.39, 0.29) is 11.3 Å². The fourth-order valence-electron chi connectivity index (χ4n) is 1.69. The molecule has 3 N–H and O–H groups in total. The van der Waals surface area contributed by atoms with Crippen LogP contribution in [0.4, 0.5) is 0 Å². The van der Waals surface area contributed by atoms with Gasteiger partial charge in [0.25, 0.3) is 0 Å². The zero-order valence-electron chi connectivity index (χ0n) is 10.8. The number of aromatic nitrogens is 1. The van der Waals surface area contributed by atoms with Gasteiger partial charge in [-0.05, 0) is 24.6 Å². The third-order valence-corrected chi connectivity index (χ3v) is 3.12. The largest absolute Gasteiger partial charge is 0.481 e. The smallest absolute Gasteiger partial charge is 0.306 e. The summed E-state index contributed by atoms with van der Waals surface area (Å²) in [6, 6.07) is 2.07. The molecular formula is C13H22N2O2. The van der Waals surface area contributed by atoms with Crippen LogP contribution in [0.15, 0.2) is 18.5 Å². The Bertz CT molecular complexity index is 344. The Hall–Kier alpha value is -1.29. The van der Waals surface area contributed by atoms with Crippen molar-refractivity contribution in [2.24, 2.45) is 5.92 Å². The van der Waals surface area contributed by atoms with Gasteiger partial charge in [-0.15, -0.1) is 0 Å². The predicted molar refractivity (Wildman–Crippen MR) is 68.1 cm³/mol. The van der Waals surface area contributed by atoms with Crippen molar-refractivity contribution >= 4 is 5.97 Å². The van der Waals surface area contributed by atoms with Gasteiger partial charge in [-0.25, -0.2) is 0 Å². The summed E-state index contributed by atoms with van der Waals surface area (Å²) in [7, 11) is 0. The van der Waals surface area contributed by atoms with Gasteiger partial charge in [0.2, 0.25) is 0 Å². The van der Waals surface area contributed by atoms with Crippen molar-refractivity contribution in [3.8, 4) is 0 Å². The Morgan fingerprint density at radius 3 is 2.82 bits per heavy atom. The standard InChI is InChI=1S/C13H22N2O2/c1-10(12(16)17)4-6-15-9-13(2,3)11-5-7-14-8-11/h5,7-8,10,14-15H,4,6,9H2,1-3H3,(H,16,17). The molecule has 0 aliphatic carbocycles. The van der Waals surface area contributed by atoms with Crippen LogP contribution in [0.3, 0.4) is 0 Å². The minimum Gasteiger partial charge on any atom is -0.481 e. The van der Waals surface area contributed by atoms with E-state index in [0.29, 0.717) is 6.42 Å². The topological polar surface area (TPSA) is 65.1 Å². The lowest BCUT2D eigenvalue weighted by atomic mass is 9.86. The van der Waals surface area contributed by atoms with E-state index in [1.54, 1.807) is 6.92 Å². The molecule has 0 amide bonds. The van der Waals surface area contributed by atoms with Gasteiger partial charge in [0, 0.05) is 24.4 Å². The van der Waals surface area contributed by atoms with E-state index in [4.69, 9.17) is 5.11 Å². The quantitative estimate of drug-likeness (QED) is 0.636. The Morgan fingerprint density at radius 2 is 2.29 bits per heavy atom. The number of carboxylic acid groups (broad SMARTS) is 1. The number of aromatic amines is 1. The van der Waals surface area contributed by atoms with Gasteiger partial charge in [0.15, 0.2) is 0 Å². The van der Waals surface area contributed by atoms with Crippen LogP contribution in [-0.2, 0) is 10.2 Å². The summed E-state index contributed by atoms with van der Waals surface area (Å²) < 4.78 is 0. The third kappa shape index (κ3) is 4.23. The van der Waals surface area contributed by atoms with E-state index in [1.165, 1.54) is 5.56 Å². The molecule has 1 atom stereocenters. The minimum absolute atomic E-state index is 0.0620. The first-order chi connectivity index (χ1) is 7.93. The van der Waals surface area contributed by atoms with Crippen LogP contribution in [-0.4, -0.2) is 29.1 Å². The molecule has 0 fully saturated rings. The average molecular weight is 238 g/mol. The number of carbonyl (C=O) groups is 1. The number of hydrogen-bond acceptors (Lipinski definition) is 2. The zero-order valence-corrected chi connectivity index (χ0v) is 10.8. The van der Waals surface area contributed by atoms with Crippen molar-refractivity contribution in [3.05, 3.63) is 24.0 Å². The summed E-state index contributed by atoms with van der Waals surface area (Å²) in [5.41, 5.74) is 1.32. The van der Waals surface area contributed by atoms with Gasteiger partial charge in [0.1, 0.15) is 0 Å². The van der Waals surface area contributed by atoms with Crippen molar-refractivity contribution in [2.75, 3.05) is 13.1 Å². The summed E-state index contributed by atoms with van der Waals surface area (Å²) in [6.07, 6.45) is 4.59. The number of hydrogen-bond donors (Lipinski definition) is 3. The molecule has 0 saturated carbocycles. The molecule has 0 bridgehead atoms. The molecule has 1 unspecified atom stereocenters. The Kier molecular flexibility index (Phi) is 4.75. The highest BCUT2D eigenvalue weighted by Crippen LogP contribution is 2.21. The van der Waals surface area contributed by atoms with Crippen molar-refractivity contribution < 1.29 is 9.90 Å². The first-order valence-electron chi connectivity index (χ1n) is 6.00. The van der Waals surface area contributed by atoms with E-state index in [9.17, 15) is 4.79 Å². The highest BCUT2D eigenvalue weighted by molar-refractivity contribution is 5.69. The van der Waals surface area contributed by atoms with Crippen LogP contribution in [0.2, 0.25) is 0 Å². The summed E-state index contributed by atoms with van der Waals surface area (Å²) in [5.74, 6) is -1.01. The lowest BCUT2D eigenvalue weighted by molar-refractivity contribution is -0.141.